The molecule has 0 spiro atoms. The van der Waals surface area contributed by atoms with E-state index in [0.29, 0.717) is 12.0 Å². The van der Waals surface area contributed by atoms with Crippen LogP contribution in [0.4, 0.5) is 0 Å². The number of nitrogens with one attached hydrogen (secondary N) is 1. The Hall–Kier alpha value is -1.43. The molecule has 1 aromatic rings. The van der Waals surface area contributed by atoms with Gasteiger partial charge in [0.25, 0.3) is 0 Å². The summed E-state index contributed by atoms with van der Waals surface area (Å²) in [6.45, 7) is 9.16. The molecule has 1 aromatic heterocycles. The summed E-state index contributed by atoms with van der Waals surface area (Å²) >= 11 is 0. The molecule has 24 heavy (non-hydrogen) atoms. The molecule has 3 saturated heterocycles. The number of piperidine rings is 3. The zero-order chi connectivity index (χ0) is 17.1. The van der Waals surface area contributed by atoms with Crippen molar-refractivity contribution in [3.8, 4) is 0 Å². The fraction of sp³-hybridized carbons (Fsp3) is 0.833. The normalized spacial score (nSPS) is 29.2. The van der Waals surface area contributed by atoms with E-state index in [1.54, 1.807) is 0 Å². The van der Waals surface area contributed by atoms with Crippen LogP contribution in [-0.4, -0.2) is 51.0 Å². The number of hydrogen-bond donors (Lipinski definition) is 1. The number of unbranched alkanes of at least 4 members (excludes halogenated alkanes) is 1. The van der Waals surface area contributed by atoms with Crippen LogP contribution in [0, 0.1) is 11.8 Å². The number of aryl methyl sites for hydroxylation is 1. The van der Waals surface area contributed by atoms with E-state index in [1.165, 1.54) is 12.8 Å². The molecule has 0 aromatic carbocycles. The highest BCUT2D eigenvalue weighted by molar-refractivity contribution is 5.79. The molecule has 4 heterocycles. The number of rotatable bonds is 7. The monoisotopic (exact) mass is 333 g/mol. The topological polar surface area (TPSA) is 63.1 Å². The Kier molecular flexibility index (Phi) is 5.54. The SMILES string of the molecule is CCCCc1cn(C[C@H]2CC3CCN2C[C@@H]3C(=O)NC(C)C)nn1. The summed E-state index contributed by atoms with van der Waals surface area (Å²) in [7, 11) is 0. The van der Waals surface area contributed by atoms with Crippen LogP contribution in [0.1, 0.15) is 52.1 Å². The number of nitrogens with zero attached hydrogens (tertiary/aromatic N) is 4. The molecular formula is C18H31N5O. The van der Waals surface area contributed by atoms with Gasteiger partial charge in [-0.3, -0.25) is 14.4 Å². The molecule has 2 unspecified atom stereocenters. The Labute approximate surface area is 145 Å². The van der Waals surface area contributed by atoms with Crippen LogP contribution in [0.3, 0.4) is 0 Å². The van der Waals surface area contributed by atoms with Gasteiger partial charge in [0.05, 0.1) is 18.2 Å². The first-order chi connectivity index (χ1) is 11.6. The summed E-state index contributed by atoms with van der Waals surface area (Å²) in [5, 5.41) is 11.7. The van der Waals surface area contributed by atoms with Gasteiger partial charge in [-0.15, -0.1) is 5.10 Å². The van der Waals surface area contributed by atoms with E-state index in [1.807, 2.05) is 18.5 Å². The Balaban J connectivity index is 1.56. The highest BCUT2D eigenvalue weighted by Gasteiger charge is 2.43. The maximum atomic E-state index is 12.4. The smallest absolute Gasteiger partial charge is 0.224 e. The second-order valence-electron chi connectivity index (χ2n) is 7.74. The van der Waals surface area contributed by atoms with Crippen molar-refractivity contribution in [1.29, 1.82) is 0 Å². The van der Waals surface area contributed by atoms with Crippen molar-refractivity contribution in [2.24, 2.45) is 11.8 Å². The quantitative estimate of drug-likeness (QED) is 0.827. The first-order valence-corrected chi connectivity index (χ1v) is 9.50. The molecule has 4 atom stereocenters. The summed E-state index contributed by atoms with van der Waals surface area (Å²) in [5.41, 5.74) is 1.10. The predicted molar refractivity (Wildman–Crippen MR) is 93.5 cm³/mol. The highest BCUT2D eigenvalue weighted by Crippen LogP contribution is 2.36. The average molecular weight is 333 g/mol. The van der Waals surface area contributed by atoms with Gasteiger partial charge in [-0.2, -0.15) is 0 Å². The standard InChI is InChI=1S/C18H31N5O/c1-4-5-6-15-10-23(21-20-15)11-16-9-14-7-8-22(16)12-17(14)18(24)19-13(2)3/h10,13-14,16-17H,4-9,11-12H2,1-3H3,(H,19,24)/t14?,16-,17+/m1/s1. The zero-order valence-corrected chi connectivity index (χ0v) is 15.2. The first-order valence-electron chi connectivity index (χ1n) is 9.50. The van der Waals surface area contributed by atoms with Crippen LogP contribution in [0.25, 0.3) is 0 Å². The zero-order valence-electron chi connectivity index (χ0n) is 15.2. The van der Waals surface area contributed by atoms with Gasteiger partial charge in [0.15, 0.2) is 0 Å². The minimum atomic E-state index is 0.160. The van der Waals surface area contributed by atoms with Crippen molar-refractivity contribution < 1.29 is 4.79 Å². The van der Waals surface area contributed by atoms with Crippen LogP contribution >= 0.6 is 0 Å². The van der Waals surface area contributed by atoms with Gasteiger partial charge in [-0.25, -0.2) is 0 Å². The second kappa shape index (κ2) is 7.64. The molecule has 3 aliphatic heterocycles. The average Bonchev–Trinajstić information content (AvgIpc) is 3.00. The summed E-state index contributed by atoms with van der Waals surface area (Å²) in [5.74, 6) is 0.913. The van der Waals surface area contributed by atoms with Crippen molar-refractivity contribution in [3.05, 3.63) is 11.9 Å². The second-order valence-corrected chi connectivity index (χ2v) is 7.74. The lowest BCUT2D eigenvalue weighted by Crippen LogP contribution is -2.58. The van der Waals surface area contributed by atoms with Crippen LogP contribution in [-0.2, 0) is 17.8 Å². The van der Waals surface area contributed by atoms with E-state index >= 15 is 0 Å². The molecule has 1 amide bonds. The Bertz CT molecular complexity index is 555. The van der Waals surface area contributed by atoms with E-state index in [0.717, 1.165) is 44.6 Å². The summed E-state index contributed by atoms with van der Waals surface area (Å²) < 4.78 is 2.00. The number of aromatic nitrogens is 3. The highest BCUT2D eigenvalue weighted by atomic mass is 16.2. The van der Waals surface area contributed by atoms with Crippen LogP contribution in [0.15, 0.2) is 6.20 Å². The third-order valence-corrected chi connectivity index (χ3v) is 5.42. The van der Waals surface area contributed by atoms with Crippen molar-refractivity contribution in [3.63, 3.8) is 0 Å². The maximum absolute atomic E-state index is 12.4. The van der Waals surface area contributed by atoms with E-state index in [2.05, 4.69) is 33.6 Å². The number of hydrogen-bond acceptors (Lipinski definition) is 4. The molecule has 0 saturated carbocycles. The lowest BCUT2D eigenvalue weighted by atomic mass is 9.75. The van der Waals surface area contributed by atoms with E-state index in [-0.39, 0.29) is 17.9 Å². The Morgan fingerprint density at radius 3 is 2.96 bits per heavy atom. The van der Waals surface area contributed by atoms with Crippen LogP contribution in [0.5, 0.6) is 0 Å². The predicted octanol–water partition coefficient (Wildman–Crippen LogP) is 1.86. The lowest BCUT2D eigenvalue weighted by Gasteiger charge is -2.49. The van der Waals surface area contributed by atoms with Gasteiger partial charge in [0.1, 0.15) is 0 Å². The minimum Gasteiger partial charge on any atom is -0.354 e. The molecule has 6 nitrogen and oxygen atoms in total. The largest absolute Gasteiger partial charge is 0.354 e. The molecule has 1 N–H and O–H groups in total. The van der Waals surface area contributed by atoms with Crippen molar-refractivity contribution in [2.45, 2.75) is 71.5 Å². The number of carbonyl (C=O) groups is 1. The molecular weight excluding hydrogens is 302 g/mol. The molecule has 4 rings (SSSR count). The van der Waals surface area contributed by atoms with E-state index < -0.39 is 0 Å². The molecule has 6 heteroatoms. The number of carbonyl (C=O) groups excluding carboxylic acids is 1. The van der Waals surface area contributed by atoms with Gasteiger partial charge < -0.3 is 5.32 Å². The van der Waals surface area contributed by atoms with Gasteiger partial charge in [0.2, 0.25) is 5.91 Å². The Morgan fingerprint density at radius 1 is 1.46 bits per heavy atom. The van der Waals surface area contributed by atoms with E-state index in [9.17, 15) is 4.79 Å². The van der Waals surface area contributed by atoms with Gasteiger partial charge in [0, 0.05) is 24.8 Å². The van der Waals surface area contributed by atoms with Crippen molar-refractivity contribution in [1.82, 2.24) is 25.2 Å². The molecule has 0 radical (unpaired) electrons. The number of amides is 1. The van der Waals surface area contributed by atoms with Crippen molar-refractivity contribution >= 4 is 5.91 Å². The third kappa shape index (κ3) is 3.97. The van der Waals surface area contributed by atoms with Gasteiger partial charge >= 0.3 is 0 Å². The maximum Gasteiger partial charge on any atom is 0.224 e. The Morgan fingerprint density at radius 2 is 2.29 bits per heavy atom. The van der Waals surface area contributed by atoms with Crippen LogP contribution in [0.2, 0.25) is 0 Å². The third-order valence-electron chi connectivity index (χ3n) is 5.42. The fourth-order valence-corrected chi connectivity index (χ4v) is 4.13. The summed E-state index contributed by atoms with van der Waals surface area (Å²) in [6.07, 6.45) is 7.72. The van der Waals surface area contributed by atoms with Gasteiger partial charge in [-0.1, -0.05) is 18.6 Å². The molecule has 3 aliphatic rings. The molecule has 2 bridgehead atoms. The fourth-order valence-electron chi connectivity index (χ4n) is 4.13. The molecule has 134 valence electrons. The van der Waals surface area contributed by atoms with Gasteiger partial charge in [-0.05, 0) is 52.0 Å². The number of fused-ring (bicyclic) bond motifs is 3. The molecule has 0 aliphatic carbocycles. The first kappa shape index (κ1) is 17.4. The van der Waals surface area contributed by atoms with Crippen LogP contribution < -0.4 is 5.32 Å². The van der Waals surface area contributed by atoms with E-state index in [4.69, 9.17) is 0 Å². The summed E-state index contributed by atoms with van der Waals surface area (Å²) in [6, 6.07) is 0.716. The van der Waals surface area contributed by atoms with Crippen molar-refractivity contribution in [2.75, 3.05) is 13.1 Å². The minimum absolute atomic E-state index is 0.160. The molecule has 3 fully saturated rings. The lowest BCUT2D eigenvalue weighted by molar-refractivity contribution is -0.133. The summed E-state index contributed by atoms with van der Waals surface area (Å²) in [4.78, 5) is 14.9.